The van der Waals surface area contributed by atoms with E-state index in [2.05, 4.69) is 0 Å². The fourth-order valence-electron chi connectivity index (χ4n) is 1.35. The molecule has 0 atom stereocenters. The zero-order valence-corrected chi connectivity index (χ0v) is 10.7. The fraction of sp³-hybridized carbons (Fsp3) is 0.500. The third kappa shape index (κ3) is 4.24. The summed E-state index contributed by atoms with van der Waals surface area (Å²) >= 11 is 1.44. The highest BCUT2D eigenvalue weighted by Crippen LogP contribution is 2.34. The van der Waals surface area contributed by atoms with Crippen molar-refractivity contribution in [3.63, 3.8) is 0 Å². The van der Waals surface area contributed by atoms with E-state index in [0.29, 0.717) is 10.8 Å². The Balaban J connectivity index is 2.97. The lowest BCUT2D eigenvalue weighted by Gasteiger charge is -2.13. The number of alkyl halides is 3. The topological polar surface area (TPSA) is 26.0 Å². The van der Waals surface area contributed by atoms with E-state index in [-0.39, 0.29) is 12.1 Å². The molecule has 0 heterocycles. The Hall–Kier alpha value is -0.680. The van der Waals surface area contributed by atoms with Crippen LogP contribution in [-0.2, 0) is 12.7 Å². The van der Waals surface area contributed by atoms with Crippen LogP contribution in [-0.4, -0.2) is 5.75 Å². The van der Waals surface area contributed by atoms with E-state index in [1.54, 1.807) is 6.07 Å². The number of rotatable bonds is 4. The summed E-state index contributed by atoms with van der Waals surface area (Å²) in [6.45, 7) is 3.97. The second-order valence-corrected chi connectivity index (χ2v) is 5.32. The molecule has 2 N–H and O–H groups in total. The number of nitrogens with two attached hydrogens (primary N) is 1. The summed E-state index contributed by atoms with van der Waals surface area (Å²) in [4.78, 5) is 0.642. The largest absolute Gasteiger partial charge is 0.416 e. The highest BCUT2D eigenvalue weighted by molar-refractivity contribution is 7.99. The van der Waals surface area contributed by atoms with Gasteiger partial charge in [0.1, 0.15) is 0 Å². The number of thioether (sulfide) groups is 1. The van der Waals surface area contributed by atoms with E-state index >= 15 is 0 Å². The molecule has 1 aromatic rings. The minimum atomic E-state index is -4.33. The summed E-state index contributed by atoms with van der Waals surface area (Å²) in [5, 5.41) is 0. The van der Waals surface area contributed by atoms with Gasteiger partial charge in [-0.15, -0.1) is 11.8 Å². The van der Waals surface area contributed by atoms with E-state index in [0.717, 1.165) is 5.75 Å². The van der Waals surface area contributed by atoms with E-state index < -0.39 is 11.7 Å². The highest BCUT2D eigenvalue weighted by Gasteiger charge is 2.33. The first-order valence-corrected chi connectivity index (χ1v) is 6.36. The molecule has 1 aromatic carbocycles. The van der Waals surface area contributed by atoms with Crippen LogP contribution >= 0.6 is 11.8 Å². The molecule has 0 aliphatic heterocycles. The van der Waals surface area contributed by atoms with Crippen LogP contribution in [0.2, 0.25) is 0 Å². The molecule has 1 nitrogen and oxygen atoms in total. The van der Waals surface area contributed by atoms with Gasteiger partial charge in [0.25, 0.3) is 0 Å². The van der Waals surface area contributed by atoms with Crippen molar-refractivity contribution in [1.82, 2.24) is 0 Å². The number of hydrogen-bond acceptors (Lipinski definition) is 2. The molecule has 0 bridgehead atoms. The number of hydrogen-bond donors (Lipinski definition) is 1. The molecule has 0 saturated heterocycles. The van der Waals surface area contributed by atoms with Crippen molar-refractivity contribution in [3.05, 3.63) is 29.3 Å². The summed E-state index contributed by atoms with van der Waals surface area (Å²) in [6, 6.07) is 4.35. The number of halogens is 3. The van der Waals surface area contributed by atoms with Gasteiger partial charge in [-0.25, -0.2) is 0 Å². The Morgan fingerprint density at radius 3 is 2.41 bits per heavy atom. The minimum absolute atomic E-state index is 0.0933. The van der Waals surface area contributed by atoms with Crippen molar-refractivity contribution < 1.29 is 13.2 Å². The van der Waals surface area contributed by atoms with Gasteiger partial charge < -0.3 is 5.73 Å². The van der Waals surface area contributed by atoms with Gasteiger partial charge in [0.05, 0.1) is 5.56 Å². The second kappa shape index (κ2) is 5.78. The molecular formula is C12H16F3NS. The summed E-state index contributed by atoms with van der Waals surface area (Å²) in [5.74, 6) is 1.25. The number of benzene rings is 1. The summed E-state index contributed by atoms with van der Waals surface area (Å²) in [5.41, 5.74) is 4.84. The zero-order valence-electron chi connectivity index (χ0n) is 9.84. The fourth-order valence-corrected chi connectivity index (χ4v) is 2.24. The van der Waals surface area contributed by atoms with Gasteiger partial charge in [0, 0.05) is 17.2 Å². The maximum Gasteiger partial charge on any atom is 0.416 e. The Bertz CT molecular complexity index is 375. The molecule has 0 saturated carbocycles. The minimum Gasteiger partial charge on any atom is -0.326 e. The molecule has 0 radical (unpaired) electrons. The Labute approximate surface area is 104 Å². The molecule has 0 fully saturated rings. The third-order valence-corrected chi connectivity index (χ3v) is 3.61. The molecule has 1 rings (SSSR count). The summed E-state index contributed by atoms with van der Waals surface area (Å²) < 4.78 is 38.2. The van der Waals surface area contributed by atoms with E-state index in [1.807, 2.05) is 13.8 Å². The van der Waals surface area contributed by atoms with Crippen molar-refractivity contribution in [2.24, 2.45) is 11.7 Å². The average molecular weight is 263 g/mol. The maximum absolute atomic E-state index is 12.7. The van der Waals surface area contributed by atoms with Crippen LogP contribution in [0.1, 0.15) is 25.0 Å². The lowest BCUT2D eigenvalue weighted by atomic mass is 10.1. The van der Waals surface area contributed by atoms with Crippen molar-refractivity contribution >= 4 is 11.8 Å². The van der Waals surface area contributed by atoms with Crippen molar-refractivity contribution in [3.8, 4) is 0 Å². The third-order valence-electron chi connectivity index (χ3n) is 2.19. The first kappa shape index (κ1) is 14.4. The molecule has 0 aliphatic carbocycles. The predicted octanol–water partition coefficient (Wildman–Crippen LogP) is 3.91. The molecule has 96 valence electrons. The molecule has 5 heteroatoms. The lowest BCUT2D eigenvalue weighted by Crippen LogP contribution is -2.12. The van der Waals surface area contributed by atoms with Gasteiger partial charge in [-0.1, -0.05) is 19.9 Å². The van der Waals surface area contributed by atoms with Gasteiger partial charge in [0.15, 0.2) is 0 Å². The van der Waals surface area contributed by atoms with Crippen LogP contribution in [0.3, 0.4) is 0 Å². The SMILES string of the molecule is CC(C)CSc1ccc(CN)c(C(F)(F)F)c1. The normalized spacial score (nSPS) is 12.2. The van der Waals surface area contributed by atoms with Crippen molar-refractivity contribution in [2.45, 2.75) is 31.5 Å². The van der Waals surface area contributed by atoms with Crippen molar-refractivity contribution in [1.29, 1.82) is 0 Å². The molecular weight excluding hydrogens is 247 g/mol. The first-order valence-electron chi connectivity index (χ1n) is 5.37. The molecule has 0 spiro atoms. The standard InChI is InChI=1S/C12H16F3NS/c1-8(2)7-17-10-4-3-9(6-16)11(5-10)12(13,14)15/h3-5,8H,6-7,16H2,1-2H3. The van der Waals surface area contributed by atoms with Crippen LogP contribution in [0.15, 0.2) is 23.1 Å². The lowest BCUT2D eigenvalue weighted by molar-refractivity contribution is -0.138. The smallest absolute Gasteiger partial charge is 0.326 e. The Morgan fingerprint density at radius 2 is 1.94 bits per heavy atom. The molecule has 0 unspecified atom stereocenters. The van der Waals surface area contributed by atoms with Gasteiger partial charge >= 0.3 is 6.18 Å². The van der Waals surface area contributed by atoms with Crippen LogP contribution in [0.25, 0.3) is 0 Å². The van der Waals surface area contributed by atoms with Crippen LogP contribution in [0.4, 0.5) is 13.2 Å². The molecule has 0 aromatic heterocycles. The van der Waals surface area contributed by atoms with Crippen LogP contribution in [0, 0.1) is 5.92 Å². The monoisotopic (exact) mass is 263 g/mol. The van der Waals surface area contributed by atoms with Crippen molar-refractivity contribution in [2.75, 3.05) is 5.75 Å². The van der Waals surface area contributed by atoms with Gasteiger partial charge in [0.2, 0.25) is 0 Å². The average Bonchev–Trinajstić information content (AvgIpc) is 2.24. The summed E-state index contributed by atoms with van der Waals surface area (Å²) in [6.07, 6.45) is -4.33. The Kier molecular flexibility index (Phi) is 4.89. The Morgan fingerprint density at radius 1 is 1.29 bits per heavy atom. The van der Waals surface area contributed by atoms with Crippen LogP contribution in [0.5, 0.6) is 0 Å². The van der Waals surface area contributed by atoms with Gasteiger partial charge in [-0.2, -0.15) is 13.2 Å². The van der Waals surface area contributed by atoms with E-state index in [4.69, 9.17) is 5.73 Å². The van der Waals surface area contributed by atoms with E-state index in [9.17, 15) is 13.2 Å². The molecule has 0 amide bonds. The van der Waals surface area contributed by atoms with Gasteiger partial charge in [-0.05, 0) is 23.6 Å². The van der Waals surface area contributed by atoms with Gasteiger partial charge in [-0.3, -0.25) is 0 Å². The first-order chi connectivity index (χ1) is 7.84. The van der Waals surface area contributed by atoms with E-state index in [1.165, 1.54) is 23.9 Å². The molecule has 17 heavy (non-hydrogen) atoms. The van der Waals surface area contributed by atoms with Crippen LogP contribution < -0.4 is 5.73 Å². The summed E-state index contributed by atoms with van der Waals surface area (Å²) in [7, 11) is 0. The zero-order chi connectivity index (χ0) is 13.1. The highest BCUT2D eigenvalue weighted by atomic mass is 32.2. The predicted molar refractivity (Wildman–Crippen MR) is 64.9 cm³/mol. The second-order valence-electron chi connectivity index (χ2n) is 4.23. The maximum atomic E-state index is 12.7. The molecule has 0 aliphatic rings. The quantitative estimate of drug-likeness (QED) is 0.833.